The van der Waals surface area contributed by atoms with E-state index in [-0.39, 0.29) is 18.2 Å². The molecule has 3 rings (SSSR count). The number of carbonyl (C=O) groups excluding carboxylic acids is 1. The van der Waals surface area contributed by atoms with E-state index in [4.69, 9.17) is 4.42 Å². The number of carboxylic acids is 1. The van der Waals surface area contributed by atoms with Gasteiger partial charge in [-0.1, -0.05) is 30.3 Å². The van der Waals surface area contributed by atoms with Crippen LogP contribution < -0.4 is 0 Å². The Bertz CT molecular complexity index is 722. The number of carboxylic acid groups (broad SMARTS) is 1. The lowest BCUT2D eigenvalue weighted by molar-refractivity contribution is -0.150. The van der Waals surface area contributed by atoms with Crippen LogP contribution in [0.25, 0.3) is 11.1 Å². The highest BCUT2D eigenvalue weighted by Gasteiger charge is 2.40. The van der Waals surface area contributed by atoms with E-state index in [1.54, 1.807) is 17.9 Å². The van der Waals surface area contributed by atoms with Crippen molar-refractivity contribution in [2.45, 2.75) is 19.8 Å². The van der Waals surface area contributed by atoms with Crippen LogP contribution in [-0.4, -0.2) is 35.0 Å². The normalized spacial score (nSPS) is 21.2. The quantitative estimate of drug-likeness (QED) is 0.944. The first-order chi connectivity index (χ1) is 11.0. The molecule has 120 valence electrons. The molecule has 5 nitrogen and oxygen atoms in total. The molecule has 1 N–H and O–H groups in total. The van der Waals surface area contributed by atoms with Crippen molar-refractivity contribution < 1.29 is 19.1 Å². The highest BCUT2D eigenvalue weighted by molar-refractivity contribution is 5.98. The first kappa shape index (κ1) is 15.3. The predicted molar refractivity (Wildman–Crippen MR) is 85.0 cm³/mol. The molecule has 1 aliphatic heterocycles. The van der Waals surface area contributed by atoms with Crippen LogP contribution in [0.5, 0.6) is 0 Å². The topological polar surface area (TPSA) is 70.8 Å². The summed E-state index contributed by atoms with van der Waals surface area (Å²) in [6.45, 7) is 2.45. The summed E-state index contributed by atoms with van der Waals surface area (Å²) < 4.78 is 5.42. The largest absolute Gasteiger partial charge is 0.481 e. The molecule has 1 unspecified atom stereocenters. The van der Waals surface area contributed by atoms with Gasteiger partial charge in [0.15, 0.2) is 5.76 Å². The molecule has 0 aliphatic carbocycles. The van der Waals surface area contributed by atoms with Crippen LogP contribution in [0.4, 0.5) is 0 Å². The van der Waals surface area contributed by atoms with E-state index in [1.165, 1.54) is 6.26 Å². The molecule has 1 aromatic carbocycles. The lowest BCUT2D eigenvalue weighted by atomic mass is 9.82. The van der Waals surface area contributed by atoms with Gasteiger partial charge in [-0.05, 0) is 31.4 Å². The number of likely N-dealkylation sites (tertiary alicyclic amines) is 1. The first-order valence-corrected chi connectivity index (χ1v) is 7.67. The van der Waals surface area contributed by atoms with E-state index < -0.39 is 11.4 Å². The monoisotopic (exact) mass is 313 g/mol. The zero-order valence-electron chi connectivity index (χ0n) is 13.0. The molecule has 0 bridgehead atoms. The van der Waals surface area contributed by atoms with Gasteiger partial charge in [0, 0.05) is 18.7 Å². The first-order valence-electron chi connectivity index (χ1n) is 7.67. The molecular weight excluding hydrogens is 294 g/mol. The number of hydrogen-bond donors (Lipinski definition) is 1. The van der Waals surface area contributed by atoms with Crippen LogP contribution in [0.2, 0.25) is 0 Å². The lowest BCUT2D eigenvalue weighted by Gasteiger charge is -2.37. The van der Waals surface area contributed by atoms with E-state index in [0.29, 0.717) is 19.4 Å². The molecule has 1 atom stereocenters. The average Bonchev–Trinajstić information content (AvgIpc) is 3.04. The molecule has 0 spiro atoms. The van der Waals surface area contributed by atoms with Crippen molar-refractivity contribution >= 4 is 11.9 Å². The van der Waals surface area contributed by atoms with Crippen LogP contribution in [0.1, 0.15) is 30.3 Å². The Morgan fingerprint density at radius 2 is 1.96 bits per heavy atom. The summed E-state index contributed by atoms with van der Waals surface area (Å²) in [5.74, 6) is -0.843. The summed E-state index contributed by atoms with van der Waals surface area (Å²) in [5.41, 5.74) is 0.744. The van der Waals surface area contributed by atoms with Gasteiger partial charge in [-0.3, -0.25) is 9.59 Å². The fraction of sp³-hybridized carbons (Fsp3) is 0.333. The average molecular weight is 313 g/mol. The molecule has 1 saturated heterocycles. The molecule has 0 saturated carbocycles. The van der Waals surface area contributed by atoms with Crippen LogP contribution in [0, 0.1) is 5.41 Å². The van der Waals surface area contributed by atoms with Crippen LogP contribution in [0.3, 0.4) is 0 Å². The number of carbonyl (C=O) groups is 2. The molecule has 2 aromatic rings. The Hall–Kier alpha value is -2.56. The third-order valence-electron chi connectivity index (χ3n) is 4.44. The van der Waals surface area contributed by atoms with E-state index in [1.807, 2.05) is 30.3 Å². The molecule has 1 aliphatic rings. The maximum Gasteiger partial charge on any atom is 0.311 e. The molecule has 23 heavy (non-hydrogen) atoms. The van der Waals surface area contributed by atoms with E-state index in [9.17, 15) is 14.7 Å². The van der Waals surface area contributed by atoms with Crippen molar-refractivity contribution in [3.05, 3.63) is 48.4 Å². The summed E-state index contributed by atoms with van der Waals surface area (Å²) in [6, 6.07) is 11.3. The third-order valence-corrected chi connectivity index (χ3v) is 4.44. The highest BCUT2D eigenvalue weighted by Crippen LogP contribution is 2.32. The molecule has 1 fully saturated rings. The Labute approximate surface area is 134 Å². The second-order valence-corrected chi connectivity index (χ2v) is 6.23. The highest BCUT2D eigenvalue weighted by atomic mass is 16.4. The second kappa shape index (κ2) is 5.91. The minimum Gasteiger partial charge on any atom is -0.481 e. The van der Waals surface area contributed by atoms with E-state index >= 15 is 0 Å². The standard InChI is InChI=1S/C18H19NO4/c1-18(17(21)22)9-5-10-19(12-18)16(20)15-14(8-11-23-15)13-6-3-2-4-7-13/h2-4,6-8,11H,5,9-10,12H2,1H3,(H,21,22). The van der Waals surface area contributed by atoms with Gasteiger partial charge in [0.05, 0.1) is 11.7 Å². The summed E-state index contributed by atoms with van der Waals surface area (Å²) in [7, 11) is 0. The van der Waals surface area contributed by atoms with Gasteiger partial charge in [-0.25, -0.2) is 0 Å². The molecule has 1 amide bonds. The maximum atomic E-state index is 12.8. The fourth-order valence-corrected chi connectivity index (χ4v) is 3.05. The fourth-order valence-electron chi connectivity index (χ4n) is 3.05. The number of aliphatic carboxylic acids is 1. The Morgan fingerprint density at radius 1 is 1.22 bits per heavy atom. The smallest absolute Gasteiger partial charge is 0.311 e. The van der Waals surface area contributed by atoms with Crippen LogP contribution >= 0.6 is 0 Å². The van der Waals surface area contributed by atoms with Crippen molar-refractivity contribution in [3.8, 4) is 11.1 Å². The number of piperidine rings is 1. The van der Waals surface area contributed by atoms with Gasteiger partial charge in [-0.15, -0.1) is 0 Å². The van der Waals surface area contributed by atoms with Crippen molar-refractivity contribution in [2.75, 3.05) is 13.1 Å². The summed E-state index contributed by atoms with van der Waals surface area (Å²) in [5, 5.41) is 9.40. The van der Waals surface area contributed by atoms with Gasteiger partial charge in [0.1, 0.15) is 0 Å². The number of benzene rings is 1. The molecule has 2 heterocycles. The summed E-state index contributed by atoms with van der Waals surface area (Å²) >= 11 is 0. The number of hydrogen-bond acceptors (Lipinski definition) is 3. The minimum absolute atomic E-state index is 0.204. The van der Waals surface area contributed by atoms with Gasteiger partial charge in [0.2, 0.25) is 0 Å². The zero-order chi connectivity index (χ0) is 16.4. The van der Waals surface area contributed by atoms with Crippen molar-refractivity contribution in [1.82, 2.24) is 4.90 Å². The minimum atomic E-state index is -0.895. The zero-order valence-corrected chi connectivity index (χ0v) is 13.0. The molecule has 5 heteroatoms. The van der Waals surface area contributed by atoms with Gasteiger partial charge >= 0.3 is 5.97 Å². The Kier molecular flexibility index (Phi) is 3.94. The Morgan fingerprint density at radius 3 is 2.65 bits per heavy atom. The second-order valence-electron chi connectivity index (χ2n) is 6.23. The SMILES string of the molecule is CC1(C(=O)O)CCCN(C(=O)c2occc2-c2ccccc2)C1. The van der Waals surface area contributed by atoms with Gasteiger partial charge in [0.25, 0.3) is 5.91 Å². The lowest BCUT2D eigenvalue weighted by Crippen LogP contribution is -2.48. The van der Waals surface area contributed by atoms with Crippen molar-refractivity contribution in [3.63, 3.8) is 0 Å². The van der Waals surface area contributed by atoms with Gasteiger partial charge in [-0.2, -0.15) is 0 Å². The van der Waals surface area contributed by atoms with Gasteiger partial charge < -0.3 is 14.4 Å². The predicted octanol–water partition coefficient (Wildman–Crippen LogP) is 3.27. The maximum absolute atomic E-state index is 12.8. The summed E-state index contributed by atoms with van der Waals surface area (Å²) in [6.07, 6.45) is 2.75. The molecule has 0 radical (unpaired) electrons. The van der Waals surface area contributed by atoms with Crippen molar-refractivity contribution in [2.24, 2.45) is 5.41 Å². The van der Waals surface area contributed by atoms with E-state index in [0.717, 1.165) is 11.1 Å². The summed E-state index contributed by atoms with van der Waals surface area (Å²) in [4.78, 5) is 25.8. The van der Waals surface area contributed by atoms with E-state index in [2.05, 4.69) is 0 Å². The Balaban J connectivity index is 1.87. The van der Waals surface area contributed by atoms with Crippen LogP contribution in [-0.2, 0) is 4.79 Å². The number of furan rings is 1. The molecule has 1 aromatic heterocycles. The number of amides is 1. The number of rotatable bonds is 3. The van der Waals surface area contributed by atoms with Crippen LogP contribution in [0.15, 0.2) is 47.1 Å². The third kappa shape index (κ3) is 2.86. The number of nitrogens with zero attached hydrogens (tertiary/aromatic N) is 1. The molecular formula is C18H19NO4. The van der Waals surface area contributed by atoms with Crippen molar-refractivity contribution in [1.29, 1.82) is 0 Å².